The van der Waals surface area contributed by atoms with Crippen LogP contribution in [-0.2, 0) is 12.7 Å². The SMILES string of the molecule is O[C@H]1CCCC[C@@H]1NCc1ccc(C(F)(F)F)cc1. The molecule has 2 nitrogen and oxygen atoms in total. The van der Waals surface area contributed by atoms with Crippen molar-refractivity contribution in [2.24, 2.45) is 0 Å². The second kappa shape index (κ2) is 5.92. The van der Waals surface area contributed by atoms with Gasteiger partial charge in [-0.25, -0.2) is 0 Å². The predicted molar refractivity (Wildman–Crippen MR) is 66.5 cm³/mol. The lowest BCUT2D eigenvalue weighted by atomic mass is 9.92. The minimum Gasteiger partial charge on any atom is -0.392 e. The van der Waals surface area contributed by atoms with Gasteiger partial charge >= 0.3 is 6.18 Å². The maximum atomic E-state index is 12.4. The van der Waals surface area contributed by atoms with Gasteiger partial charge in [0.15, 0.2) is 0 Å². The van der Waals surface area contributed by atoms with Gasteiger partial charge in [0.25, 0.3) is 0 Å². The van der Waals surface area contributed by atoms with Crippen molar-refractivity contribution in [3.8, 4) is 0 Å². The molecule has 0 saturated heterocycles. The minimum atomic E-state index is -4.29. The van der Waals surface area contributed by atoms with Crippen LogP contribution in [0.15, 0.2) is 24.3 Å². The molecule has 0 heterocycles. The third-order valence-electron chi connectivity index (χ3n) is 3.58. The quantitative estimate of drug-likeness (QED) is 0.887. The van der Waals surface area contributed by atoms with Crippen molar-refractivity contribution in [3.63, 3.8) is 0 Å². The maximum absolute atomic E-state index is 12.4. The zero-order valence-corrected chi connectivity index (χ0v) is 10.6. The van der Waals surface area contributed by atoms with E-state index in [1.807, 2.05) is 0 Å². The number of rotatable bonds is 3. The second-order valence-electron chi connectivity index (χ2n) is 5.03. The number of aliphatic hydroxyl groups excluding tert-OH is 1. The monoisotopic (exact) mass is 273 g/mol. The number of hydrogen-bond acceptors (Lipinski definition) is 2. The molecule has 5 heteroatoms. The first-order valence-electron chi connectivity index (χ1n) is 6.54. The van der Waals surface area contributed by atoms with Crippen LogP contribution in [0.4, 0.5) is 13.2 Å². The maximum Gasteiger partial charge on any atom is 0.416 e. The van der Waals surface area contributed by atoms with E-state index in [0.717, 1.165) is 43.4 Å². The number of nitrogens with one attached hydrogen (secondary N) is 1. The van der Waals surface area contributed by atoms with E-state index in [-0.39, 0.29) is 12.1 Å². The number of aliphatic hydroxyl groups is 1. The molecule has 0 amide bonds. The van der Waals surface area contributed by atoms with Crippen molar-refractivity contribution in [1.82, 2.24) is 5.32 Å². The van der Waals surface area contributed by atoms with Crippen LogP contribution in [-0.4, -0.2) is 17.3 Å². The van der Waals surface area contributed by atoms with Crippen molar-refractivity contribution < 1.29 is 18.3 Å². The summed E-state index contributed by atoms with van der Waals surface area (Å²) in [6, 6.07) is 5.19. The van der Waals surface area contributed by atoms with Gasteiger partial charge in [-0.1, -0.05) is 25.0 Å². The lowest BCUT2D eigenvalue weighted by Gasteiger charge is -2.28. The van der Waals surface area contributed by atoms with E-state index < -0.39 is 11.7 Å². The van der Waals surface area contributed by atoms with E-state index in [9.17, 15) is 18.3 Å². The van der Waals surface area contributed by atoms with Crippen molar-refractivity contribution in [1.29, 1.82) is 0 Å². The molecule has 19 heavy (non-hydrogen) atoms. The highest BCUT2D eigenvalue weighted by Crippen LogP contribution is 2.29. The molecule has 0 aromatic heterocycles. The highest BCUT2D eigenvalue weighted by atomic mass is 19.4. The molecule has 0 unspecified atom stereocenters. The molecule has 1 aliphatic carbocycles. The van der Waals surface area contributed by atoms with Gasteiger partial charge in [0.05, 0.1) is 11.7 Å². The molecule has 0 bridgehead atoms. The number of hydrogen-bond donors (Lipinski definition) is 2. The Morgan fingerprint density at radius 2 is 1.74 bits per heavy atom. The molecule has 1 aromatic rings. The van der Waals surface area contributed by atoms with E-state index in [2.05, 4.69) is 5.32 Å². The van der Waals surface area contributed by atoms with E-state index in [0.29, 0.717) is 6.54 Å². The standard InChI is InChI=1S/C14H18F3NO/c15-14(16,17)11-7-5-10(6-8-11)9-18-12-3-1-2-4-13(12)19/h5-8,12-13,18-19H,1-4,9H2/t12-,13-/m0/s1. The summed E-state index contributed by atoms with van der Waals surface area (Å²) in [5.41, 5.74) is 0.166. The Balaban J connectivity index is 1.89. The van der Waals surface area contributed by atoms with E-state index in [4.69, 9.17) is 0 Å². The van der Waals surface area contributed by atoms with Crippen LogP contribution in [0.2, 0.25) is 0 Å². The molecular weight excluding hydrogens is 255 g/mol. The third kappa shape index (κ3) is 3.94. The zero-order chi connectivity index (χ0) is 13.9. The molecule has 1 aromatic carbocycles. The topological polar surface area (TPSA) is 32.3 Å². The first kappa shape index (κ1) is 14.3. The average molecular weight is 273 g/mol. The highest BCUT2D eigenvalue weighted by Gasteiger charge is 2.30. The molecule has 106 valence electrons. The summed E-state index contributed by atoms with van der Waals surface area (Å²) in [5, 5.41) is 13.0. The number of halogens is 3. The fraction of sp³-hybridized carbons (Fsp3) is 0.571. The zero-order valence-electron chi connectivity index (χ0n) is 10.6. The largest absolute Gasteiger partial charge is 0.416 e. The number of alkyl halides is 3. The van der Waals surface area contributed by atoms with Crippen molar-refractivity contribution >= 4 is 0 Å². The summed E-state index contributed by atoms with van der Waals surface area (Å²) in [6.07, 6.45) is -0.789. The van der Waals surface area contributed by atoms with Gasteiger partial charge in [-0.3, -0.25) is 0 Å². The molecule has 0 radical (unpaired) electrons. The van der Waals surface area contributed by atoms with Gasteiger partial charge in [0.2, 0.25) is 0 Å². The minimum absolute atomic E-state index is 0.0519. The summed E-state index contributed by atoms with van der Waals surface area (Å²) >= 11 is 0. The van der Waals surface area contributed by atoms with Crippen LogP contribution in [0.25, 0.3) is 0 Å². The van der Waals surface area contributed by atoms with Gasteiger partial charge in [-0.15, -0.1) is 0 Å². The Hall–Kier alpha value is -1.07. The Labute approximate surface area is 110 Å². The van der Waals surface area contributed by atoms with Crippen LogP contribution in [0, 0.1) is 0 Å². The molecule has 2 atom stereocenters. The summed E-state index contributed by atoms with van der Waals surface area (Å²) in [5.74, 6) is 0. The summed E-state index contributed by atoms with van der Waals surface area (Å²) in [4.78, 5) is 0. The van der Waals surface area contributed by atoms with Gasteiger partial charge in [-0.2, -0.15) is 13.2 Å². The molecule has 1 fully saturated rings. The lowest BCUT2D eigenvalue weighted by Crippen LogP contribution is -2.41. The Bertz CT molecular complexity index is 402. The third-order valence-corrected chi connectivity index (χ3v) is 3.58. The first-order chi connectivity index (χ1) is 8.97. The van der Waals surface area contributed by atoms with Crippen LogP contribution in [0.3, 0.4) is 0 Å². The molecule has 2 rings (SSSR count). The Kier molecular flexibility index (Phi) is 4.47. The van der Waals surface area contributed by atoms with Gasteiger partial charge in [0, 0.05) is 12.6 Å². The molecule has 0 aliphatic heterocycles. The van der Waals surface area contributed by atoms with Crippen molar-refractivity contribution in [2.75, 3.05) is 0 Å². The van der Waals surface area contributed by atoms with Crippen LogP contribution in [0.1, 0.15) is 36.8 Å². The van der Waals surface area contributed by atoms with Crippen LogP contribution < -0.4 is 5.32 Å². The average Bonchev–Trinajstić information content (AvgIpc) is 2.37. The smallest absolute Gasteiger partial charge is 0.392 e. The van der Waals surface area contributed by atoms with E-state index in [1.54, 1.807) is 0 Å². The fourth-order valence-corrected chi connectivity index (χ4v) is 2.41. The highest BCUT2D eigenvalue weighted by molar-refractivity contribution is 5.24. The lowest BCUT2D eigenvalue weighted by molar-refractivity contribution is -0.137. The fourth-order valence-electron chi connectivity index (χ4n) is 2.41. The molecule has 1 aliphatic rings. The van der Waals surface area contributed by atoms with Gasteiger partial charge < -0.3 is 10.4 Å². The summed E-state index contributed by atoms with van der Waals surface area (Å²) < 4.78 is 37.2. The van der Waals surface area contributed by atoms with Crippen LogP contribution >= 0.6 is 0 Å². The normalized spacial score (nSPS) is 24.4. The second-order valence-corrected chi connectivity index (χ2v) is 5.03. The molecule has 1 saturated carbocycles. The van der Waals surface area contributed by atoms with Gasteiger partial charge in [-0.05, 0) is 30.5 Å². The molecule has 0 spiro atoms. The van der Waals surface area contributed by atoms with E-state index in [1.165, 1.54) is 12.1 Å². The summed E-state index contributed by atoms with van der Waals surface area (Å²) in [6.45, 7) is 0.486. The Morgan fingerprint density at radius 3 is 2.32 bits per heavy atom. The first-order valence-corrected chi connectivity index (χ1v) is 6.54. The Morgan fingerprint density at radius 1 is 1.11 bits per heavy atom. The molecular formula is C14H18F3NO. The predicted octanol–water partition coefficient (Wildman–Crippen LogP) is 3.10. The van der Waals surface area contributed by atoms with E-state index >= 15 is 0 Å². The molecule has 2 N–H and O–H groups in total. The number of benzene rings is 1. The van der Waals surface area contributed by atoms with Gasteiger partial charge in [0.1, 0.15) is 0 Å². The summed E-state index contributed by atoms with van der Waals surface area (Å²) in [7, 11) is 0. The van der Waals surface area contributed by atoms with Crippen molar-refractivity contribution in [2.45, 2.75) is 50.6 Å². The van der Waals surface area contributed by atoms with Crippen LogP contribution in [0.5, 0.6) is 0 Å². The van der Waals surface area contributed by atoms with Crippen molar-refractivity contribution in [3.05, 3.63) is 35.4 Å².